The van der Waals surface area contributed by atoms with Crippen LogP contribution in [0.15, 0.2) is 23.1 Å². The molecular formula is C20H28Cl2N2O3S. The minimum Gasteiger partial charge on any atom is -0.351 e. The summed E-state index contributed by atoms with van der Waals surface area (Å²) in [6, 6.07) is 4.66. The van der Waals surface area contributed by atoms with Crippen LogP contribution in [0.2, 0.25) is 10.0 Å². The SMILES string of the molecule is CC1CCC(C)(NC(=O)C2CCN(S(=O)(=O)c3c(Cl)cccc3Cl)CC2)CC1. The van der Waals surface area contributed by atoms with Gasteiger partial charge in [-0.2, -0.15) is 4.31 Å². The molecule has 1 N–H and O–H groups in total. The number of rotatable bonds is 4. The smallest absolute Gasteiger partial charge is 0.246 e. The number of halogens is 2. The fourth-order valence-electron chi connectivity index (χ4n) is 4.14. The summed E-state index contributed by atoms with van der Waals surface area (Å²) in [4.78, 5) is 12.7. The number of carbonyl (C=O) groups is 1. The fourth-order valence-corrected chi connectivity index (χ4v) is 6.70. The Bertz CT molecular complexity index is 808. The molecule has 1 heterocycles. The van der Waals surface area contributed by atoms with E-state index < -0.39 is 10.0 Å². The second-order valence-corrected chi connectivity index (χ2v) is 11.2. The Hall–Kier alpha value is -0.820. The highest BCUT2D eigenvalue weighted by molar-refractivity contribution is 7.89. The first-order chi connectivity index (χ1) is 13.1. The molecule has 156 valence electrons. The average Bonchev–Trinajstić information content (AvgIpc) is 2.64. The molecule has 1 aromatic rings. The van der Waals surface area contributed by atoms with Crippen LogP contribution in [0.3, 0.4) is 0 Å². The molecule has 1 amide bonds. The largest absolute Gasteiger partial charge is 0.351 e. The van der Waals surface area contributed by atoms with Gasteiger partial charge < -0.3 is 5.32 Å². The van der Waals surface area contributed by atoms with E-state index in [0.29, 0.717) is 12.8 Å². The monoisotopic (exact) mass is 446 g/mol. The summed E-state index contributed by atoms with van der Waals surface area (Å²) in [5.74, 6) is 0.601. The number of carbonyl (C=O) groups excluding carboxylic acids is 1. The minimum absolute atomic E-state index is 0.0462. The molecule has 0 bridgehead atoms. The summed E-state index contributed by atoms with van der Waals surface area (Å²) in [7, 11) is -3.78. The summed E-state index contributed by atoms with van der Waals surface area (Å²) in [5, 5.41) is 3.47. The van der Waals surface area contributed by atoms with Crippen LogP contribution in [0.25, 0.3) is 0 Å². The Morgan fingerprint density at radius 3 is 2.18 bits per heavy atom. The third-order valence-corrected chi connectivity index (χ3v) is 9.00. The van der Waals surface area contributed by atoms with E-state index in [1.54, 1.807) is 6.07 Å². The molecular weight excluding hydrogens is 419 g/mol. The Morgan fingerprint density at radius 1 is 1.11 bits per heavy atom. The highest BCUT2D eigenvalue weighted by Gasteiger charge is 2.37. The third kappa shape index (κ3) is 4.66. The lowest BCUT2D eigenvalue weighted by Gasteiger charge is -2.39. The summed E-state index contributed by atoms with van der Waals surface area (Å²) < 4.78 is 27.3. The van der Waals surface area contributed by atoms with Crippen molar-refractivity contribution in [2.45, 2.75) is 62.8 Å². The van der Waals surface area contributed by atoms with Crippen molar-refractivity contribution in [3.63, 3.8) is 0 Å². The molecule has 5 nitrogen and oxygen atoms in total. The predicted octanol–water partition coefficient (Wildman–Crippen LogP) is 4.48. The molecule has 8 heteroatoms. The van der Waals surface area contributed by atoms with Crippen LogP contribution in [0, 0.1) is 11.8 Å². The zero-order valence-corrected chi connectivity index (χ0v) is 18.7. The van der Waals surface area contributed by atoms with E-state index in [0.717, 1.165) is 31.6 Å². The quantitative estimate of drug-likeness (QED) is 0.740. The van der Waals surface area contributed by atoms with E-state index in [1.165, 1.54) is 16.4 Å². The molecule has 3 rings (SSSR count). The highest BCUT2D eigenvalue weighted by Crippen LogP contribution is 2.35. The van der Waals surface area contributed by atoms with E-state index in [4.69, 9.17) is 23.2 Å². The molecule has 2 aliphatic rings. The first kappa shape index (κ1) is 21.9. The number of amides is 1. The minimum atomic E-state index is -3.78. The van der Waals surface area contributed by atoms with Gasteiger partial charge in [0.05, 0.1) is 10.0 Å². The van der Waals surface area contributed by atoms with Crippen molar-refractivity contribution < 1.29 is 13.2 Å². The first-order valence-electron chi connectivity index (χ1n) is 9.88. The van der Waals surface area contributed by atoms with E-state index in [-0.39, 0.29) is 45.4 Å². The van der Waals surface area contributed by atoms with E-state index in [2.05, 4.69) is 19.2 Å². The van der Waals surface area contributed by atoms with Gasteiger partial charge in [-0.25, -0.2) is 8.42 Å². The predicted molar refractivity (Wildman–Crippen MR) is 112 cm³/mol. The van der Waals surface area contributed by atoms with Gasteiger partial charge >= 0.3 is 0 Å². The maximum atomic E-state index is 13.0. The molecule has 28 heavy (non-hydrogen) atoms. The second kappa shape index (κ2) is 8.50. The van der Waals surface area contributed by atoms with E-state index in [1.807, 2.05) is 0 Å². The van der Waals surface area contributed by atoms with Gasteiger partial charge in [-0.15, -0.1) is 0 Å². The van der Waals surface area contributed by atoms with Gasteiger partial charge in [0.1, 0.15) is 4.90 Å². The Kier molecular flexibility index (Phi) is 6.64. The van der Waals surface area contributed by atoms with E-state index >= 15 is 0 Å². The lowest BCUT2D eigenvalue weighted by Crippen LogP contribution is -2.52. The summed E-state index contributed by atoms with van der Waals surface area (Å²) >= 11 is 12.2. The van der Waals surface area contributed by atoms with Crippen LogP contribution in [0.1, 0.15) is 52.4 Å². The molecule has 0 radical (unpaired) electrons. The molecule has 1 aliphatic heterocycles. The van der Waals surface area contributed by atoms with Crippen molar-refractivity contribution in [2.24, 2.45) is 11.8 Å². The van der Waals surface area contributed by atoms with E-state index in [9.17, 15) is 13.2 Å². The van der Waals surface area contributed by atoms with Crippen molar-refractivity contribution in [1.29, 1.82) is 0 Å². The average molecular weight is 447 g/mol. The molecule has 1 saturated heterocycles. The van der Waals surface area contributed by atoms with Crippen molar-refractivity contribution in [3.05, 3.63) is 28.2 Å². The summed E-state index contributed by atoms with van der Waals surface area (Å²) in [6.45, 7) is 4.95. The number of hydrogen-bond acceptors (Lipinski definition) is 3. The number of benzene rings is 1. The second-order valence-electron chi connectivity index (χ2n) is 8.46. The van der Waals surface area contributed by atoms with Crippen LogP contribution in [-0.2, 0) is 14.8 Å². The summed E-state index contributed by atoms with van der Waals surface area (Å²) in [5.41, 5.74) is -0.141. The maximum absolute atomic E-state index is 13.0. The standard InChI is InChI=1S/C20H28Cl2N2O3S/c1-14-6-10-20(2,11-7-14)23-19(25)15-8-12-24(13-9-15)28(26,27)18-16(21)4-3-5-17(18)22/h3-5,14-15H,6-13H2,1-2H3,(H,23,25). The lowest BCUT2D eigenvalue weighted by molar-refractivity contribution is -0.128. The number of hydrogen-bond donors (Lipinski definition) is 1. The summed E-state index contributed by atoms with van der Waals surface area (Å²) in [6.07, 6.45) is 5.26. The molecule has 0 unspecified atom stereocenters. The number of piperidine rings is 1. The molecule has 0 aromatic heterocycles. The third-order valence-electron chi connectivity index (χ3n) is 6.14. The lowest BCUT2D eigenvalue weighted by atomic mass is 9.78. The van der Waals surface area contributed by atoms with Crippen molar-refractivity contribution >= 4 is 39.1 Å². The highest BCUT2D eigenvalue weighted by atomic mass is 35.5. The van der Waals surface area contributed by atoms with Gasteiger partial charge in [0.15, 0.2) is 0 Å². The van der Waals surface area contributed by atoms with Crippen molar-refractivity contribution in [1.82, 2.24) is 9.62 Å². The molecule has 1 aromatic carbocycles. The zero-order valence-electron chi connectivity index (χ0n) is 16.4. The van der Waals surface area contributed by atoms with Gasteiger partial charge in [0.2, 0.25) is 15.9 Å². The normalized spacial score (nSPS) is 27.5. The van der Waals surface area contributed by atoms with Crippen molar-refractivity contribution in [2.75, 3.05) is 13.1 Å². The number of nitrogens with zero attached hydrogens (tertiary/aromatic N) is 1. The molecule has 0 atom stereocenters. The van der Waals surface area contributed by atoms with Gasteiger partial charge in [-0.1, -0.05) is 36.2 Å². The Morgan fingerprint density at radius 2 is 1.64 bits per heavy atom. The number of sulfonamides is 1. The topological polar surface area (TPSA) is 66.5 Å². The van der Waals surface area contributed by atoms with Gasteiger partial charge in [0.25, 0.3) is 0 Å². The number of nitrogens with one attached hydrogen (secondary N) is 1. The Balaban J connectivity index is 1.62. The van der Waals surface area contributed by atoms with Crippen LogP contribution in [0.4, 0.5) is 0 Å². The zero-order chi connectivity index (χ0) is 20.5. The van der Waals surface area contributed by atoms with Gasteiger partial charge in [-0.3, -0.25) is 4.79 Å². The van der Waals surface area contributed by atoms with Gasteiger partial charge in [0, 0.05) is 24.5 Å². The Labute approximate surface area is 177 Å². The van der Waals surface area contributed by atoms with Crippen molar-refractivity contribution in [3.8, 4) is 0 Å². The van der Waals surface area contributed by atoms with Crippen LogP contribution in [-0.4, -0.2) is 37.3 Å². The molecule has 1 aliphatic carbocycles. The molecule has 0 spiro atoms. The molecule has 1 saturated carbocycles. The van der Waals surface area contributed by atoms with Crippen LogP contribution in [0.5, 0.6) is 0 Å². The van der Waals surface area contributed by atoms with Crippen LogP contribution >= 0.6 is 23.2 Å². The van der Waals surface area contributed by atoms with Crippen LogP contribution < -0.4 is 5.32 Å². The fraction of sp³-hybridized carbons (Fsp3) is 0.650. The molecule has 2 fully saturated rings. The maximum Gasteiger partial charge on any atom is 0.246 e. The van der Waals surface area contributed by atoms with Gasteiger partial charge in [-0.05, 0) is 63.5 Å². The first-order valence-corrected chi connectivity index (χ1v) is 12.1.